The van der Waals surface area contributed by atoms with Crippen molar-refractivity contribution < 1.29 is 18.1 Å². The summed E-state index contributed by atoms with van der Waals surface area (Å²) in [6, 6.07) is 10.5. The van der Waals surface area contributed by atoms with Crippen molar-refractivity contribution in [3.63, 3.8) is 0 Å². The van der Waals surface area contributed by atoms with Gasteiger partial charge in [0.25, 0.3) is 5.69 Å². The highest BCUT2D eigenvalue weighted by Gasteiger charge is 2.26. The molecule has 1 atom stereocenters. The minimum absolute atomic E-state index is 0.0128. The first kappa shape index (κ1) is 19.5. The maximum Gasteiger partial charge on any atom is 0.269 e. The Hall–Kier alpha value is -2.84. The number of aryl methyl sites for hydroxylation is 1. The molecular formula is C18H18N2O5S. The Morgan fingerprint density at radius 1 is 1.19 bits per heavy atom. The van der Waals surface area contributed by atoms with E-state index in [-0.39, 0.29) is 21.7 Å². The Labute approximate surface area is 151 Å². The van der Waals surface area contributed by atoms with Gasteiger partial charge in [-0.15, -0.1) is 0 Å². The molecule has 0 aliphatic rings. The highest BCUT2D eigenvalue weighted by molar-refractivity contribution is 7.89. The van der Waals surface area contributed by atoms with E-state index in [2.05, 4.69) is 11.3 Å². The van der Waals surface area contributed by atoms with Gasteiger partial charge in [0.2, 0.25) is 10.0 Å². The molecular weight excluding hydrogens is 356 g/mol. The topological polar surface area (TPSA) is 106 Å². The molecule has 0 fully saturated rings. The van der Waals surface area contributed by atoms with Gasteiger partial charge in [-0.25, -0.2) is 8.42 Å². The molecule has 2 aromatic rings. The fraction of sp³-hybridized carbons (Fsp3) is 0.167. The molecule has 0 aliphatic carbocycles. The zero-order valence-electron chi connectivity index (χ0n) is 14.3. The van der Waals surface area contributed by atoms with Gasteiger partial charge in [-0.05, 0) is 31.5 Å². The number of benzene rings is 2. The molecule has 0 heterocycles. The number of Topliss-reactive ketones (excluding diaryl/α,β-unsaturated/α-hetero) is 1. The Balaban J connectivity index is 2.47. The van der Waals surface area contributed by atoms with Gasteiger partial charge in [-0.1, -0.05) is 36.4 Å². The van der Waals surface area contributed by atoms with Gasteiger partial charge in [0.05, 0.1) is 15.9 Å². The summed E-state index contributed by atoms with van der Waals surface area (Å²) in [5.74, 6) is -0.423. The second-order valence-corrected chi connectivity index (χ2v) is 7.51. The van der Waals surface area contributed by atoms with Gasteiger partial charge in [0.15, 0.2) is 5.78 Å². The fourth-order valence-corrected chi connectivity index (χ4v) is 3.52. The molecule has 0 saturated heterocycles. The number of rotatable bonds is 7. The van der Waals surface area contributed by atoms with Gasteiger partial charge >= 0.3 is 0 Å². The number of ketones is 1. The Kier molecular flexibility index (Phi) is 5.69. The molecule has 0 bridgehead atoms. The van der Waals surface area contributed by atoms with Crippen LogP contribution in [0.15, 0.2) is 65.6 Å². The number of hydrogen-bond acceptors (Lipinski definition) is 5. The standard InChI is InChI=1S/C18H18N2O5S/c1-12-7-9-17(10-8-12)26(24,25)19-18(13(2)14(3)21)15-5-4-6-16(11-15)20(22)23/h4-11,18-19H,2H2,1,3H3. The summed E-state index contributed by atoms with van der Waals surface area (Å²) in [5, 5.41) is 11.0. The van der Waals surface area contributed by atoms with Crippen molar-refractivity contribution in [3.05, 3.63) is 81.9 Å². The number of non-ortho nitro benzene ring substituents is 1. The summed E-state index contributed by atoms with van der Waals surface area (Å²) >= 11 is 0. The molecule has 8 heteroatoms. The quantitative estimate of drug-likeness (QED) is 0.455. The predicted molar refractivity (Wildman–Crippen MR) is 97.2 cm³/mol. The van der Waals surface area contributed by atoms with Crippen molar-refractivity contribution in [1.82, 2.24) is 4.72 Å². The minimum atomic E-state index is -3.97. The monoisotopic (exact) mass is 374 g/mol. The number of hydrogen-bond donors (Lipinski definition) is 1. The zero-order chi connectivity index (χ0) is 19.5. The van der Waals surface area contributed by atoms with Crippen molar-refractivity contribution in [2.75, 3.05) is 0 Å². The summed E-state index contributed by atoms with van der Waals surface area (Å²) in [7, 11) is -3.97. The smallest absolute Gasteiger partial charge is 0.269 e. The maximum absolute atomic E-state index is 12.7. The number of carbonyl (C=O) groups is 1. The van der Waals surface area contributed by atoms with Gasteiger partial charge in [0.1, 0.15) is 0 Å². The van der Waals surface area contributed by atoms with Crippen molar-refractivity contribution in [2.24, 2.45) is 0 Å². The molecule has 0 saturated carbocycles. The maximum atomic E-state index is 12.7. The van der Waals surface area contributed by atoms with Crippen LogP contribution < -0.4 is 4.72 Å². The SMILES string of the molecule is C=C(C(C)=O)C(NS(=O)(=O)c1ccc(C)cc1)c1cccc([N+](=O)[O-])c1. The average Bonchev–Trinajstić information content (AvgIpc) is 2.59. The van der Waals surface area contributed by atoms with Crippen molar-refractivity contribution >= 4 is 21.5 Å². The summed E-state index contributed by atoms with van der Waals surface area (Å²) in [5.41, 5.74) is 0.932. The van der Waals surface area contributed by atoms with Crippen LogP contribution in [-0.2, 0) is 14.8 Å². The first-order valence-electron chi connectivity index (χ1n) is 7.65. The van der Waals surface area contributed by atoms with Crippen LogP contribution in [0.5, 0.6) is 0 Å². The molecule has 0 aromatic heterocycles. The lowest BCUT2D eigenvalue weighted by Crippen LogP contribution is -2.31. The number of sulfonamides is 1. The summed E-state index contributed by atoms with van der Waals surface area (Å²) in [6.45, 7) is 6.73. The zero-order valence-corrected chi connectivity index (χ0v) is 15.1. The lowest BCUT2D eigenvalue weighted by molar-refractivity contribution is -0.384. The van der Waals surface area contributed by atoms with Crippen molar-refractivity contribution in [3.8, 4) is 0 Å². The first-order valence-corrected chi connectivity index (χ1v) is 9.13. The van der Waals surface area contributed by atoms with E-state index in [1.807, 2.05) is 6.92 Å². The van der Waals surface area contributed by atoms with E-state index in [0.717, 1.165) is 5.56 Å². The summed E-state index contributed by atoms with van der Waals surface area (Å²) in [6.07, 6.45) is 0. The molecule has 0 radical (unpaired) electrons. The van der Waals surface area contributed by atoms with Crippen LogP contribution in [-0.4, -0.2) is 19.1 Å². The Morgan fingerprint density at radius 2 is 1.81 bits per heavy atom. The van der Waals surface area contributed by atoms with Crippen LogP contribution in [0, 0.1) is 17.0 Å². The first-order chi connectivity index (χ1) is 12.1. The lowest BCUT2D eigenvalue weighted by Gasteiger charge is -2.20. The third kappa shape index (κ3) is 4.41. The number of nitrogens with one attached hydrogen (secondary N) is 1. The Morgan fingerprint density at radius 3 is 2.35 bits per heavy atom. The Bertz CT molecular complexity index is 965. The molecule has 26 heavy (non-hydrogen) atoms. The molecule has 0 aliphatic heterocycles. The van der Waals surface area contributed by atoms with Crippen LogP contribution in [0.1, 0.15) is 24.1 Å². The van der Waals surface area contributed by atoms with Gasteiger partial charge in [-0.3, -0.25) is 14.9 Å². The molecule has 2 rings (SSSR count). The van der Waals surface area contributed by atoms with E-state index in [4.69, 9.17) is 0 Å². The van der Waals surface area contributed by atoms with Crippen molar-refractivity contribution in [2.45, 2.75) is 24.8 Å². The van der Waals surface area contributed by atoms with Crippen molar-refractivity contribution in [1.29, 1.82) is 0 Å². The fourth-order valence-electron chi connectivity index (χ4n) is 2.30. The van der Waals surface area contributed by atoms with Gasteiger partial charge < -0.3 is 0 Å². The third-order valence-electron chi connectivity index (χ3n) is 3.82. The largest absolute Gasteiger partial charge is 0.295 e. The number of nitro groups is 1. The highest BCUT2D eigenvalue weighted by atomic mass is 32.2. The second kappa shape index (κ2) is 7.59. The van der Waals surface area contributed by atoms with Crippen LogP contribution in [0.25, 0.3) is 0 Å². The molecule has 0 spiro atoms. The summed E-state index contributed by atoms with van der Waals surface area (Å²) in [4.78, 5) is 22.2. The second-order valence-electron chi connectivity index (χ2n) is 5.80. The molecule has 1 N–H and O–H groups in total. The average molecular weight is 374 g/mol. The third-order valence-corrected chi connectivity index (χ3v) is 5.26. The van der Waals surface area contributed by atoms with E-state index < -0.39 is 26.8 Å². The molecule has 2 aromatic carbocycles. The number of nitro benzene ring substituents is 1. The predicted octanol–water partition coefficient (Wildman–Crippen LogP) is 3.07. The van der Waals surface area contributed by atoms with E-state index in [0.29, 0.717) is 0 Å². The van der Waals surface area contributed by atoms with E-state index in [1.165, 1.54) is 43.3 Å². The van der Waals surface area contributed by atoms with Crippen LogP contribution in [0.4, 0.5) is 5.69 Å². The van der Waals surface area contributed by atoms with Gasteiger partial charge in [-0.2, -0.15) is 4.72 Å². The molecule has 1 unspecified atom stereocenters. The van der Waals surface area contributed by atoms with E-state index in [1.54, 1.807) is 12.1 Å². The van der Waals surface area contributed by atoms with Crippen LogP contribution in [0.3, 0.4) is 0 Å². The van der Waals surface area contributed by atoms with Gasteiger partial charge in [0, 0.05) is 17.7 Å². The number of nitrogens with zero attached hydrogens (tertiary/aromatic N) is 1. The summed E-state index contributed by atoms with van der Waals surface area (Å²) < 4.78 is 27.8. The number of carbonyl (C=O) groups excluding carboxylic acids is 1. The van der Waals surface area contributed by atoms with Crippen LogP contribution in [0.2, 0.25) is 0 Å². The van der Waals surface area contributed by atoms with E-state index in [9.17, 15) is 23.3 Å². The van der Waals surface area contributed by atoms with E-state index >= 15 is 0 Å². The minimum Gasteiger partial charge on any atom is -0.295 e. The van der Waals surface area contributed by atoms with Crippen LogP contribution >= 0.6 is 0 Å². The molecule has 0 amide bonds. The molecule has 7 nitrogen and oxygen atoms in total. The molecule has 136 valence electrons. The normalized spacial score (nSPS) is 12.4. The lowest BCUT2D eigenvalue weighted by atomic mass is 9.98. The highest BCUT2D eigenvalue weighted by Crippen LogP contribution is 2.27.